The van der Waals surface area contributed by atoms with Gasteiger partial charge >= 0.3 is 0 Å². The molecule has 0 fully saturated rings. The molecule has 0 N–H and O–H groups in total. The Balaban J connectivity index is 2.12. The van der Waals surface area contributed by atoms with Gasteiger partial charge in [-0.1, -0.05) is 25.1 Å². The summed E-state index contributed by atoms with van der Waals surface area (Å²) < 4.78 is 7.89. The second-order valence-electron chi connectivity index (χ2n) is 5.24. The molecule has 100 valence electrons. The second kappa shape index (κ2) is 4.82. The third kappa shape index (κ3) is 1.98. The number of ether oxygens (including phenoxy) is 1. The fraction of sp³-hybridized carbons (Fsp3) is 0.438. The lowest BCUT2D eigenvalue weighted by Crippen LogP contribution is -2.20. The fourth-order valence-electron chi connectivity index (χ4n) is 3.07. The fourth-order valence-corrected chi connectivity index (χ4v) is 3.07. The molecule has 0 radical (unpaired) electrons. The molecular weight excluding hydrogens is 238 g/mol. The van der Waals surface area contributed by atoms with E-state index >= 15 is 0 Å². The van der Waals surface area contributed by atoms with Crippen molar-refractivity contribution in [3.63, 3.8) is 0 Å². The van der Waals surface area contributed by atoms with Gasteiger partial charge in [0.15, 0.2) is 0 Å². The number of aromatic nitrogens is 1. The molecule has 3 rings (SSSR count). The van der Waals surface area contributed by atoms with E-state index in [-0.39, 0.29) is 5.92 Å². The maximum atomic E-state index is 11.8. The second-order valence-corrected chi connectivity index (χ2v) is 5.24. The molecule has 3 nitrogen and oxygen atoms in total. The summed E-state index contributed by atoms with van der Waals surface area (Å²) in [5.74, 6) is 0.525. The predicted molar refractivity (Wildman–Crippen MR) is 75.2 cm³/mol. The molecule has 3 heteroatoms. The molecule has 0 bridgehead atoms. The molecular formula is C16H19NO2. The van der Waals surface area contributed by atoms with Crippen molar-refractivity contribution in [2.75, 3.05) is 6.61 Å². The van der Waals surface area contributed by atoms with Gasteiger partial charge in [0.2, 0.25) is 0 Å². The van der Waals surface area contributed by atoms with E-state index in [1.54, 1.807) is 0 Å². The highest BCUT2D eigenvalue weighted by Crippen LogP contribution is 2.37. The lowest BCUT2D eigenvalue weighted by Gasteiger charge is -2.23. The molecule has 19 heavy (non-hydrogen) atoms. The molecule has 2 aromatic rings. The minimum Gasteiger partial charge on any atom is -0.375 e. The number of Topliss-reactive ketones (excluding diaryl/α,β-unsaturated/α-hetero) is 1. The number of rotatable bonds is 3. The Labute approximate surface area is 113 Å². The van der Waals surface area contributed by atoms with Gasteiger partial charge in [0.25, 0.3) is 0 Å². The van der Waals surface area contributed by atoms with Crippen molar-refractivity contribution in [2.45, 2.75) is 32.3 Å². The van der Waals surface area contributed by atoms with E-state index in [9.17, 15) is 4.79 Å². The highest BCUT2D eigenvalue weighted by Gasteiger charge is 2.28. The van der Waals surface area contributed by atoms with Crippen molar-refractivity contribution in [3.05, 3.63) is 35.5 Å². The quantitative estimate of drug-likeness (QED) is 0.845. The lowest BCUT2D eigenvalue weighted by molar-refractivity contribution is -0.119. The van der Waals surface area contributed by atoms with E-state index in [0.29, 0.717) is 31.8 Å². The van der Waals surface area contributed by atoms with Crippen LogP contribution in [0.15, 0.2) is 24.3 Å². The number of hydrogen-bond donors (Lipinski definition) is 0. The number of ketones is 1. The van der Waals surface area contributed by atoms with Crippen LogP contribution in [0, 0.1) is 0 Å². The molecule has 0 aliphatic carbocycles. The number of nitrogens with zero attached hydrogens (tertiary/aromatic N) is 1. The third-order valence-corrected chi connectivity index (χ3v) is 4.11. The number of carbonyl (C=O) groups is 1. The van der Waals surface area contributed by atoms with Gasteiger partial charge in [-0.2, -0.15) is 0 Å². The standard InChI is InChI=1S/C16H19NO2/c1-3-12(18)8-11-9-19-10-15-16(11)13-6-4-5-7-14(13)17(15)2/h4-7,11H,3,8-10H2,1-2H3/t11-/m0/s1. The monoisotopic (exact) mass is 257 g/mol. The predicted octanol–water partition coefficient (Wildman–Crippen LogP) is 3.16. The molecule has 1 aromatic carbocycles. The van der Waals surface area contributed by atoms with Gasteiger partial charge in [0, 0.05) is 42.4 Å². The lowest BCUT2D eigenvalue weighted by atomic mass is 9.90. The van der Waals surface area contributed by atoms with E-state index in [1.807, 2.05) is 6.92 Å². The molecule has 0 spiro atoms. The maximum absolute atomic E-state index is 11.8. The average Bonchev–Trinajstić information content (AvgIpc) is 2.74. The van der Waals surface area contributed by atoms with Gasteiger partial charge in [-0.15, -0.1) is 0 Å². The molecule has 1 aliphatic rings. The van der Waals surface area contributed by atoms with E-state index in [2.05, 4.69) is 35.9 Å². The van der Waals surface area contributed by atoms with Crippen molar-refractivity contribution in [3.8, 4) is 0 Å². The van der Waals surface area contributed by atoms with E-state index in [0.717, 1.165) is 0 Å². The van der Waals surface area contributed by atoms with Crippen LogP contribution in [-0.4, -0.2) is 17.0 Å². The molecule has 0 unspecified atom stereocenters. The average molecular weight is 257 g/mol. The Kier molecular flexibility index (Phi) is 3.15. The van der Waals surface area contributed by atoms with Crippen LogP contribution in [0.25, 0.3) is 10.9 Å². The van der Waals surface area contributed by atoms with Crippen LogP contribution >= 0.6 is 0 Å². The summed E-state index contributed by atoms with van der Waals surface area (Å²) in [4.78, 5) is 11.8. The number of fused-ring (bicyclic) bond motifs is 3. The molecule has 2 heterocycles. The van der Waals surface area contributed by atoms with Crippen molar-refractivity contribution in [1.29, 1.82) is 0 Å². The largest absolute Gasteiger partial charge is 0.375 e. The van der Waals surface area contributed by atoms with Crippen LogP contribution in [0.3, 0.4) is 0 Å². The van der Waals surface area contributed by atoms with Gasteiger partial charge in [-0.3, -0.25) is 4.79 Å². The van der Waals surface area contributed by atoms with Gasteiger partial charge < -0.3 is 9.30 Å². The summed E-state index contributed by atoms with van der Waals surface area (Å²) in [7, 11) is 2.08. The zero-order valence-electron chi connectivity index (χ0n) is 11.5. The maximum Gasteiger partial charge on any atom is 0.133 e. The Morgan fingerprint density at radius 2 is 2.21 bits per heavy atom. The number of para-hydroxylation sites is 1. The molecule has 1 atom stereocenters. The van der Waals surface area contributed by atoms with Crippen LogP contribution < -0.4 is 0 Å². The molecule has 0 saturated carbocycles. The molecule has 1 aromatic heterocycles. The van der Waals surface area contributed by atoms with E-state index < -0.39 is 0 Å². The topological polar surface area (TPSA) is 31.2 Å². The van der Waals surface area contributed by atoms with Crippen LogP contribution in [0.4, 0.5) is 0 Å². The van der Waals surface area contributed by atoms with Crippen molar-refractivity contribution >= 4 is 16.7 Å². The summed E-state index contributed by atoms with van der Waals surface area (Å²) in [6, 6.07) is 8.41. The first-order chi connectivity index (χ1) is 9.22. The van der Waals surface area contributed by atoms with Crippen LogP contribution in [0.2, 0.25) is 0 Å². The Bertz CT molecular complexity index is 627. The summed E-state index contributed by atoms with van der Waals surface area (Å²) in [6.45, 7) is 3.24. The van der Waals surface area contributed by atoms with E-state index in [1.165, 1.54) is 22.2 Å². The first-order valence-corrected chi connectivity index (χ1v) is 6.88. The molecule has 1 aliphatic heterocycles. The van der Waals surface area contributed by atoms with Crippen molar-refractivity contribution < 1.29 is 9.53 Å². The van der Waals surface area contributed by atoms with Crippen LogP contribution in [-0.2, 0) is 23.2 Å². The highest BCUT2D eigenvalue weighted by atomic mass is 16.5. The van der Waals surface area contributed by atoms with Gasteiger partial charge in [-0.25, -0.2) is 0 Å². The van der Waals surface area contributed by atoms with Crippen molar-refractivity contribution in [2.24, 2.45) is 7.05 Å². The summed E-state index contributed by atoms with van der Waals surface area (Å²) >= 11 is 0. The zero-order valence-corrected chi connectivity index (χ0v) is 11.5. The molecule has 0 amide bonds. The SMILES string of the molecule is CCC(=O)C[C@H]1COCc2c1c1ccccc1n2C. The number of benzene rings is 1. The summed E-state index contributed by atoms with van der Waals surface area (Å²) in [5, 5.41) is 1.28. The normalized spacial score (nSPS) is 18.5. The van der Waals surface area contributed by atoms with Crippen molar-refractivity contribution in [1.82, 2.24) is 4.57 Å². The van der Waals surface area contributed by atoms with Gasteiger partial charge in [0.1, 0.15) is 5.78 Å². The Morgan fingerprint density at radius 3 is 3.00 bits per heavy atom. The number of aryl methyl sites for hydroxylation is 1. The highest BCUT2D eigenvalue weighted by molar-refractivity contribution is 5.87. The first kappa shape index (κ1) is 12.4. The Morgan fingerprint density at radius 1 is 1.42 bits per heavy atom. The molecule has 0 saturated heterocycles. The summed E-state index contributed by atoms with van der Waals surface area (Å²) in [5.41, 5.74) is 3.78. The first-order valence-electron chi connectivity index (χ1n) is 6.88. The number of hydrogen-bond acceptors (Lipinski definition) is 2. The zero-order chi connectivity index (χ0) is 13.4. The third-order valence-electron chi connectivity index (χ3n) is 4.11. The Hall–Kier alpha value is -1.61. The number of carbonyl (C=O) groups excluding carboxylic acids is 1. The van der Waals surface area contributed by atoms with Gasteiger partial charge in [0.05, 0.1) is 13.2 Å². The van der Waals surface area contributed by atoms with Crippen LogP contribution in [0.5, 0.6) is 0 Å². The summed E-state index contributed by atoms with van der Waals surface area (Å²) in [6.07, 6.45) is 1.20. The van der Waals surface area contributed by atoms with Gasteiger partial charge in [-0.05, 0) is 11.6 Å². The smallest absolute Gasteiger partial charge is 0.133 e. The minimum atomic E-state index is 0.210. The van der Waals surface area contributed by atoms with Crippen LogP contribution in [0.1, 0.15) is 36.9 Å². The van der Waals surface area contributed by atoms with E-state index in [4.69, 9.17) is 4.74 Å². The minimum absolute atomic E-state index is 0.210.